The second kappa shape index (κ2) is 5.71. The van der Waals surface area contributed by atoms with Gasteiger partial charge in [0.1, 0.15) is 5.75 Å². The second-order valence-corrected chi connectivity index (χ2v) is 3.45. The van der Waals surface area contributed by atoms with Crippen molar-refractivity contribution >= 4 is 17.7 Å². The van der Waals surface area contributed by atoms with Gasteiger partial charge < -0.3 is 4.74 Å². The van der Waals surface area contributed by atoms with Crippen LogP contribution in [0, 0.1) is 0 Å². The van der Waals surface area contributed by atoms with E-state index in [4.69, 9.17) is 16.3 Å². The van der Waals surface area contributed by atoms with E-state index in [0.29, 0.717) is 5.88 Å². The van der Waals surface area contributed by atoms with E-state index in [1.54, 1.807) is 7.11 Å². The van der Waals surface area contributed by atoms with Gasteiger partial charge in [-0.2, -0.15) is 0 Å². The molecule has 0 aromatic heterocycles. The molecule has 14 heavy (non-hydrogen) atoms. The molecule has 2 heteroatoms. The van der Waals surface area contributed by atoms with Crippen LogP contribution in [0.1, 0.15) is 17.5 Å². The Morgan fingerprint density at radius 1 is 1.50 bits per heavy atom. The number of alkyl halides is 1. The van der Waals surface area contributed by atoms with Crippen LogP contribution in [0.3, 0.4) is 0 Å². The minimum atomic E-state index is 0.687. The number of rotatable bonds is 5. The van der Waals surface area contributed by atoms with Crippen molar-refractivity contribution < 1.29 is 4.74 Å². The predicted molar refractivity (Wildman–Crippen MR) is 62.1 cm³/mol. The molecule has 0 unspecified atom stereocenters. The molecular formula is C12H15ClO. The molecule has 1 nitrogen and oxygen atoms in total. The van der Waals surface area contributed by atoms with E-state index >= 15 is 0 Å². The van der Waals surface area contributed by atoms with Gasteiger partial charge in [-0.1, -0.05) is 24.8 Å². The summed E-state index contributed by atoms with van der Waals surface area (Å²) in [6.45, 7) is 3.72. The number of halogens is 1. The summed E-state index contributed by atoms with van der Waals surface area (Å²) in [6.07, 6.45) is 3.75. The molecule has 1 rings (SSSR count). The van der Waals surface area contributed by atoms with E-state index in [9.17, 15) is 0 Å². The summed E-state index contributed by atoms with van der Waals surface area (Å²) in [4.78, 5) is 0. The van der Waals surface area contributed by atoms with Crippen LogP contribution >= 0.6 is 11.6 Å². The largest absolute Gasteiger partial charge is 0.496 e. The Balaban J connectivity index is 2.87. The van der Waals surface area contributed by atoms with Gasteiger partial charge in [0, 0.05) is 5.88 Å². The molecule has 0 saturated carbocycles. The number of ether oxygens (including phenoxy) is 1. The molecule has 0 atom stereocenters. The first-order chi connectivity index (χ1) is 6.81. The molecule has 1 aromatic carbocycles. The summed E-state index contributed by atoms with van der Waals surface area (Å²) in [7, 11) is 1.69. The average Bonchev–Trinajstić information content (AvgIpc) is 2.26. The predicted octanol–water partition coefficient (Wildman–Crippen LogP) is 3.51. The fourth-order valence-corrected chi connectivity index (χ4v) is 1.49. The molecule has 0 heterocycles. The molecule has 0 aliphatic rings. The van der Waals surface area contributed by atoms with Crippen LogP contribution in [0.15, 0.2) is 24.8 Å². The molecule has 0 saturated heterocycles. The van der Waals surface area contributed by atoms with E-state index in [1.165, 1.54) is 5.56 Å². The molecular weight excluding hydrogens is 196 g/mol. The number of aryl methyl sites for hydroxylation is 1. The van der Waals surface area contributed by atoms with E-state index in [-0.39, 0.29) is 0 Å². The van der Waals surface area contributed by atoms with E-state index < -0.39 is 0 Å². The second-order valence-electron chi connectivity index (χ2n) is 3.07. The smallest absolute Gasteiger partial charge is 0.122 e. The van der Waals surface area contributed by atoms with E-state index in [2.05, 4.69) is 12.6 Å². The molecule has 76 valence electrons. The Hall–Kier alpha value is -0.950. The Morgan fingerprint density at radius 3 is 2.86 bits per heavy atom. The summed E-state index contributed by atoms with van der Waals surface area (Å²) in [5.41, 5.74) is 2.29. The first-order valence-electron chi connectivity index (χ1n) is 4.67. The fourth-order valence-electron chi connectivity index (χ4n) is 1.35. The van der Waals surface area contributed by atoms with Crippen LogP contribution in [-0.2, 0) is 6.42 Å². The lowest BCUT2D eigenvalue weighted by Crippen LogP contribution is -1.93. The van der Waals surface area contributed by atoms with Gasteiger partial charge in [-0.15, -0.1) is 11.6 Å². The lowest BCUT2D eigenvalue weighted by Gasteiger charge is -2.08. The van der Waals surface area contributed by atoms with Crippen LogP contribution in [0.4, 0.5) is 0 Å². The maximum absolute atomic E-state index is 5.65. The standard InChI is InChI=1S/C12H15ClO/c1-3-10-6-7-11(5-4-8-13)12(9-10)14-2/h3,6-7,9H,1,4-5,8H2,2H3. The highest BCUT2D eigenvalue weighted by atomic mass is 35.5. The Kier molecular flexibility index (Phi) is 4.54. The minimum absolute atomic E-state index is 0.687. The Bertz CT molecular complexity index is 307. The average molecular weight is 211 g/mol. The topological polar surface area (TPSA) is 9.23 Å². The van der Waals surface area contributed by atoms with Crippen molar-refractivity contribution in [2.45, 2.75) is 12.8 Å². The van der Waals surface area contributed by atoms with E-state index in [1.807, 2.05) is 18.2 Å². The van der Waals surface area contributed by atoms with Gasteiger partial charge in [-0.05, 0) is 30.0 Å². The summed E-state index contributed by atoms with van der Waals surface area (Å²) < 4.78 is 5.29. The quantitative estimate of drug-likeness (QED) is 0.676. The van der Waals surface area contributed by atoms with Crippen molar-refractivity contribution in [3.8, 4) is 5.75 Å². The zero-order valence-electron chi connectivity index (χ0n) is 8.42. The van der Waals surface area contributed by atoms with Crippen molar-refractivity contribution in [3.63, 3.8) is 0 Å². The lowest BCUT2D eigenvalue weighted by atomic mass is 10.1. The number of hydrogen-bond donors (Lipinski definition) is 0. The minimum Gasteiger partial charge on any atom is -0.496 e. The lowest BCUT2D eigenvalue weighted by molar-refractivity contribution is 0.409. The molecule has 0 fully saturated rings. The van der Waals surface area contributed by atoms with Gasteiger partial charge in [0.05, 0.1) is 7.11 Å². The zero-order chi connectivity index (χ0) is 10.4. The maximum atomic E-state index is 5.65. The Labute approximate surface area is 90.3 Å². The molecule has 0 amide bonds. The number of methoxy groups -OCH3 is 1. The summed E-state index contributed by atoms with van der Waals surface area (Å²) >= 11 is 5.65. The van der Waals surface area contributed by atoms with Gasteiger partial charge in [-0.25, -0.2) is 0 Å². The Morgan fingerprint density at radius 2 is 2.29 bits per heavy atom. The maximum Gasteiger partial charge on any atom is 0.122 e. The highest BCUT2D eigenvalue weighted by Gasteiger charge is 2.02. The van der Waals surface area contributed by atoms with Gasteiger partial charge in [0.25, 0.3) is 0 Å². The molecule has 0 N–H and O–H groups in total. The molecule has 0 aliphatic heterocycles. The van der Waals surface area contributed by atoms with Crippen molar-refractivity contribution in [1.82, 2.24) is 0 Å². The van der Waals surface area contributed by atoms with Crippen molar-refractivity contribution in [2.75, 3.05) is 13.0 Å². The van der Waals surface area contributed by atoms with E-state index in [0.717, 1.165) is 24.2 Å². The summed E-state index contributed by atoms with van der Waals surface area (Å²) in [5.74, 6) is 1.61. The van der Waals surface area contributed by atoms with Crippen molar-refractivity contribution in [3.05, 3.63) is 35.9 Å². The number of hydrogen-bond acceptors (Lipinski definition) is 1. The van der Waals surface area contributed by atoms with Crippen LogP contribution < -0.4 is 4.74 Å². The third-order valence-electron chi connectivity index (χ3n) is 2.13. The molecule has 0 aliphatic carbocycles. The normalized spacial score (nSPS) is 9.86. The molecule has 0 bridgehead atoms. The van der Waals surface area contributed by atoms with Gasteiger partial charge in [-0.3, -0.25) is 0 Å². The first-order valence-corrected chi connectivity index (χ1v) is 5.20. The van der Waals surface area contributed by atoms with Crippen LogP contribution in [0.25, 0.3) is 6.08 Å². The molecule has 1 aromatic rings. The van der Waals surface area contributed by atoms with Gasteiger partial charge in [0.15, 0.2) is 0 Å². The van der Waals surface area contributed by atoms with Crippen molar-refractivity contribution in [2.24, 2.45) is 0 Å². The summed E-state index contributed by atoms with van der Waals surface area (Å²) in [5, 5.41) is 0. The van der Waals surface area contributed by atoms with Gasteiger partial charge >= 0.3 is 0 Å². The van der Waals surface area contributed by atoms with Crippen LogP contribution in [0.2, 0.25) is 0 Å². The fraction of sp³-hybridized carbons (Fsp3) is 0.333. The van der Waals surface area contributed by atoms with Crippen molar-refractivity contribution in [1.29, 1.82) is 0 Å². The monoisotopic (exact) mass is 210 g/mol. The molecule has 0 radical (unpaired) electrons. The van der Waals surface area contributed by atoms with Crippen LogP contribution in [-0.4, -0.2) is 13.0 Å². The first kappa shape index (κ1) is 11.1. The zero-order valence-corrected chi connectivity index (χ0v) is 9.18. The highest BCUT2D eigenvalue weighted by Crippen LogP contribution is 2.22. The third-order valence-corrected chi connectivity index (χ3v) is 2.39. The SMILES string of the molecule is C=Cc1ccc(CCCCl)c(OC)c1. The summed E-state index contributed by atoms with van der Waals surface area (Å²) in [6, 6.07) is 6.11. The molecule has 0 spiro atoms. The number of benzene rings is 1. The van der Waals surface area contributed by atoms with Gasteiger partial charge in [0.2, 0.25) is 0 Å². The highest BCUT2D eigenvalue weighted by molar-refractivity contribution is 6.17. The third kappa shape index (κ3) is 2.78. The van der Waals surface area contributed by atoms with Crippen LogP contribution in [0.5, 0.6) is 5.75 Å².